The number of halogens is 1. The molecule has 0 bridgehead atoms. The van der Waals surface area contributed by atoms with Crippen LogP contribution in [0.5, 0.6) is 0 Å². The molecule has 1 rings (SSSR count). The fourth-order valence-corrected chi connectivity index (χ4v) is 4.04. The Kier molecular flexibility index (Phi) is 12.3. The molecule has 1 nitrogen and oxygen atoms in total. The second kappa shape index (κ2) is 13.6. The van der Waals surface area contributed by atoms with Gasteiger partial charge in [-0.3, -0.25) is 0 Å². The highest BCUT2D eigenvalue weighted by atomic mass is 35.5. The second-order valence-electron chi connectivity index (χ2n) is 7.45. The van der Waals surface area contributed by atoms with E-state index in [-0.39, 0.29) is 0 Å². The van der Waals surface area contributed by atoms with Gasteiger partial charge in [0.05, 0.1) is 13.1 Å². The number of hydrogen-bond donors (Lipinski definition) is 0. The highest BCUT2D eigenvalue weighted by molar-refractivity contribution is 6.06. The van der Waals surface area contributed by atoms with Crippen molar-refractivity contribution in [2.24, 2.45) is 0 Å². The van der Waals surface area contributed by atoms with E-state index >= 15 is 0 Å². The topological polar surface area (TPSA) is 0 Å². The summed E-state index contributed by atoms with van der Waals surface area (Å²) in [6.07, 6.45) is 15.1. The third-order valence-electron chi connectivity index (χ3n) is 5.63. The maximum atomic E-state index is 6.97. The molecule has 0 heterocycles. The van der Waals surface area contributed by atoms with E-state index in [2.05, 4.69) is 51.1 Å². The molecule has 0 aliphatic rings. The third-order valence-corrected chi connectivity index (χ3v) is 6.34. The molecule has 1 aromatic carbocycles. The van der Waals surface area contributed by atoms with Crippen molar-refractivity contribution in [1.82, 2.24) is 0 Å². The van der Waals surface area contributed by atoms with Crippen molar-refractivity contribution in [3.05, 3.63) is 35.9 Å². The third kappa shape index (κ3) is 8.60. The Morgan fingerprint density at radius 2 is 1.20 bits per heavy atom. The van der Waals surface area contributed by atoms with Crippen LogP contribution in [0.15, 0.2) is 30.3 Å². The van der Waals surface area contributed by atoms with Crippen LogP contribution in [0.25, 0.3) is 0 Å². The summed E-state index contributed by atoms with van der Waals surface area (Å²) in [5.41, 5.74) is 1.40. The van der Waals surface area contributed by atoms with Crippen LogP contribution < -0.4 is 0 Å². The SMILES string of the molecule is CCCCCCCCCCCCC(c1ccccc1)[N+](Cl)(CC)CC. The van der Waals surface area contributed by atoms with Crippen LogP contribution in [0.3, 0.4) is 0 Å². The van der Waals surface area contributed by atoms with Crippen molar-refractivity contribution in [2.45, 2.75) is 97.4 Å². The molecule has 1 atom stereocenters. The summed E-state index contributed by atoms with van der Waals surface area (Å²) in [7, 11) is 0. The normalized spacial score (nSPS) is 13.1. The zero-order valence-corrected chi connectivity index (χ0v) is 17.7. The minimum atomic E-state index is 0.423. The van der Waals surface area contributed by atoms with Crippen molar-refractivity contribution in [2.75, 3.05) is 13.1 Å². The van der Waals surface area contributed by atoms with Gasteiger partial charge in [0.2, 0.25) is 0 Å². The lowest BCUT2D eigenvalue weighted by molar-refractivity contribution is -0.845. The molecule has 0 aliphatic heterocycles. The van der Waals surface area contributed by atoms with Crippen molar-refractivity contribution in [1.29, 1.82) is 0 Å². The van der Waals surface area contributed by atoms with Crippen LogP contribution in [-0.4, -0.2) is 17.1 Å². The highest BCUT2D eigenvalue weighted by Gasteiger charge is 2.33. The van der Waals surface area contributed by atoms with Crippen LogP contribution in [0.1, 0.15) is 103 Å². The molecule has 0 fully saturated rings. The van der Waals surface area contributed by atoms with E-state index < -0.39 is 0 Å². The Morgan fingerprint density at radius 1 is 0.720 bits per heavy atom. The van der Waals surface area contributed by atoms with Crippen LogP contribution in [0.2, 0.25) is 0 Å². The summed E-state index contributed by atoms with van der Waals surface area (Å²) in [5.74, 6) is 0. The van der Waals surface area contributed by atoms with E-state index in [4.69, 9.17) is 11.8 Å². The van der Waals surface area contributed by atoms with Gasteiger partial charge in [0.15, 0.2) is 11.8 Å². The first kappa shape index (κ1) is 22.5. The maximum Gasteiger partial charge on any atom is 0.165 e. The van der Waals surface area contributed by atoms with E-state index in [1.165, 1.54) is 76.2 Å². The van der Waals surface area contributed by atoms with Gasteiger partial charge >= 0.3 is 0 Å². The van der Waals surface area contributed by atoms with Crippen LogP contribution in [0.4, 0.5) is 0 Å². The Morgan fingerprint density at radius 3 is 1.68 bits per heavy atom. The van der Waals surface area contributed by atoms with Gasteiger partial charge in [-0.25, -0.2) is 4.00 Å². The van der Waals surface area contributed by atoms with Crippen molar-refractivity contribution in [3.8, 4) is 0 Å². The lowest BCUT2D eigenvalue weighted by atomic mass is 9.97. The number of nitrogens with zero attached hydrogens (tertiary/aromatic N) is 1. The zero-order valence-electron chi connectivity index (χ0n) is 17.0. The van der Waals surface area contributed by atoms with Gasteiger partial charge in [-0.1, -0.05) is 95.0 Å². The first-order chi connectivity index (χ1) is 12.2. The predicted octanol–water partition coefficient (Wildman–Crippen LogP) is 8.05. The molecule has 0 saturated carbocycles. The molecule has 0 N–H and O–H groups in total. The molecular formula is C23H41ClN+. The van der Waals surface area contributed by atoms with Crippen LogP contribution in [-0.2, 0) is 0 Å². The first-order valence-electron chi connectivity index (χ1n) is 10.8. The number of rotatable bonds is 15. The highest BCUT2D eigenvalue weighted by Crippen LogP contribution is 2.35. The van der Waals surface area contributed by atoms with E-state index in [0.29, 0.717) is 10.0 Å². The monoisotopic (exact) mass is 366 g/mol. The van der Waals surface area contributed by atoms with Crippen molar-refractivity contribution in [3.63, 3.8) is 0 Å². The van der Waals surface area contributed by atoms with Gasteiger partial charge < -0.3 is 0 Å². The lowest BCUT2D eigenvalue weighted by Crippen LogP contribution is -2.41. The first-order valence-corrected chi connectivity index (χ1v) is 11.1. The fourth-order valence-electron chi connectivity index (χ4n) is 3.83. The molecule has 0 amide bonds. The average molecular weight is 367 g/mol. The maximum absolute atomic E-state index is 6.97. The summed E-state index contributed by atoms with van der Waals surface area (Å²) in [6, 6.07) is 11.3. The van der Waals surface area contributed by atoms with Gasteiger partial charge in [-0.05, 0) is 20.3 Å². The Balaban J connectivity index is 2.32. The largest absolute Gasteiger partial charge is 0.216 e. The molecule has 1 aromatic rings. The zero-order chi connectivity index (χ0) is 18.4. The molecule has 1 unspecified atom stereocenters. The molecule has 2 heteroatoms. The summed E-state index contributed by atoms with van der Waals surface area (Å²) in [5, 5.41) is 0. The quantitative estimate of drug-likeness (QED) is 0.217. The molecule has 0 radical (unpaired) electrons. The van der Waals surface area contributed by atoms with E-state index in [1.807, 2.05) is 0 Å². The summed E-state index contributed by atoms with van der Waals surface area (Å²) in [6.45, 7) is 8.68. The van der Waals surface area contributed by atoms with Gasteiger partial charge in [0.25, 0.3) is 0 Å². The second-order valence-corrected chi connectivity index (χ2v) is 8.13. The number of unbranched alkanes of at least 4 members (excludes halogenated alkanes) is 9. The summed E-state index contributed by atoms with van der Waals surface area (Å²) < 4.78 is 0.640. The molecule has 0 saturated heterocycles. The Labute approximate surface area is 162 Å². The van der Waals surface area contributed by atoms with Crippen molar-refractivity contribution < 1.29 is 4.00 Å². The molecule has 25 heavy (non-hydrogen) atoms. The molecule has 144 valence electrons. The summed E-state index contributed by atoms with van der Waals surface area (Å²) in [4.78, 5) is 0. The van der Waals surface area contributed by atoms with E-state index in [1.54, 1.807) is 0 Å². The van der Waals surface area contributed by atoms with Gasteiger partial charge in [-0.2, -0.15) is 0 Å². The minimum Gasteiger partial charge on any atom is -0.216 e. The molecule has 0 aliphatic carbocycles. The van der Waals surface area contributed by atoms with Crippen molar-refractivity contribution >= 4 is 11.8 Å². The lowest BCUT2D eigenvalue weighted by Gasteiger charge is -2.35. The van der Waals surface area contributed by atoms with Gasteiger partial charge in [0, 0.05) is 12.0 Å². The van der Waals surface area contributed by atoms with Crippen LogP contribution in [0, 0.1) is 0 Å². The van der Waals surface area contributed by atoms with E-state index in [9.17, 15) is 0 Å². The molecule has 0 aromatic heterocycles. The molecular weight excluding hydrogens is 326 g/mol. The van der Waals surface area contributed by atoms with Gasteiger partial charge in [0.1, 0.15) is 6.04 Å². The predicted molar refractivity (Wildman–Crippen MR) is 113 cm³/mol. The number of quaternary nitrogens is 1. The number of hydrogen-bond acceptors (Lipinski definition) is 0. The van der Waals surface area contributed by atoms with E-state index in [0.717, 1.165) is 13.1 Å². The summed E-state index contributed by atoms with van der Waals surface area (Å²) >= 11 is 6.97. The fraction of sp³-hybridized carbons (Fsp3) is 0.739. The average Bonchev–Trinajstić information content (AvgIpc) is 2.66. The smallest absolute Gasteiger partial charge is 0.165 e. The van der Waals surface area contributed by atoms with Gasteiger partial charge in [-0.15, -0.1) is 0 Å². The number of benzene rings is 1. The minimum absolute atomic E-state index is 0.423. The Hall–Kier alpha value is -0.530. The standard InChI is InChI=1S/C23H41ClN/c1-4-7-8-9-10-11-12-13-14-18-21-23(25(24,5-2)6-3)22-19-16-15-17-20-22/h15-17,19-20,23H,4-14,18,21H2,1-3H3/q+1. The Bertz CT molecular complexity index is 413. The van der Waals surface area contributed by atoms with Crippen LogP contribution >= 0.6 is 11.8 Å². The molecule has 0 spiro atoms.